The molecule has 0 saturated heterocycles. The molecule has 0 aliphatic heterocycles. The summed E-state index contributed by atoms with van der Waals surface area (Å²) in [6.45, 7) is 1.93. The van der Waals surface area contributed by atoms with Crippen molar-refractivity contribution in [1.29, 1.82) is 0 Å². The molecular formula is C17H17N3OS. The first-order chi connectivity index (χ1) is 10.8. The van der Waals surface area contributed by atoms with Gasteiger partial charge in [-0.25, -0.2) is 0 Å². The number of aromatic nitrogens is 3. The number of furan rings is 1. The van der Waals surface area contributed by atoms with Crippen molar-refractivity contribution in [2.45, 2.75) is 12.1 Å². The van der Waals surface area contributed by atoms with Gasteiger partial charge in [0.15, 0.2) is 11.0 Å². The maximum atomic E-state index is 5.33. The number of thioether (sulfide) groups is 1. The largest absolute Gasteiger partial charge is 0.469 e. The Labute approximate surface area is 133 Å². The second-order valence-electron chi connectivity index (χ2n) is 4.88. The predicted molar refractivity (Wildman–Crippen MR) is 89.6 cm³/mol. The lowest BCUT2D eigenvalue weighted by atomic mass is 10.2. The normalized spacial score (nSPS) is 11.4. The van der Waals surface area contributed by atoms with Gasteiger partial charge in [0.1, 0.15) is 5.76 Å². The molecular weight excluding hydrogens is 294 g/mol. The standard InChI is InChI=1S/C17H17N3OS/c1-13-15(10-11-21-13)16-18-19-17(20(16)2)22-12-6-9-14-7-4-3-5-8-14/h3-11H,12H2,1-2H3. The first kappa shape index (κ1) is 14.7. The number of hydrogen-bond acceptors (Lipinski definition) is 4. The van der Waals surface area contributed by atoms with Gasteiger partial charge in [-0.1, -0.05) is 54.2 Å². The van der Waals surface area contributed by atoms with Crippen molar-refractivity contribution in [1.82, 2.24) is 14.8 Å². The van der Waals surface area contributed by atoms with Crippen LogP contribution in [-0.2, 0) is 7.05 Å². The summed E-state index contributed by atoms with van der Waals surface area (Å²) in [5, 5.41) is 9.42. The van der Waals surface area contributed by atoms with Gasteiger partial charge < -0.3 is 8.98 Å². The predicted octanol–water partition coefficient (Wildman–Crippen LogP) is 4.19. The average molecular weight is 311 g/mol. The van der Waals surface area contributed by atoms with Gasteiger partial charge >= 0.3 is 0 Å². The summed E-state index contributed by atoms with van der Waals surface area (Å²) in [6.07, 6.45) is 5.93. The lowest BCUT2D eigenvalue weighted by Crippen LogP contribution is -1.95. The smallest absolute Gasteiger partial charge is 0.191 e. The lowest BCUT2D eigenvalue weighted by molar-refractivity contribution is 0.534. The van der Waals surface area contributed by atoms with E-state index in [1.54, 1.807) is 18.0 Å². The highest BCUT2D eigenvalue weighted by molar-refractivity contribution is 7.99. The third-order valence-corrected chi connectivity index (χ3v) is 4.33. The van der Waals surface area contributed by atoms with E-state index in [1.807, 2.05) is 42.8 Å². The Morgan fingerprint density at radius 3 is 2.73 bits per heavy atom. The molecule has 0 radical (unpaired) electrons. The van der Waals surface area contributed by atoms with E-state index in [9.17, 15) is 0 Å². The van der Waals surface area contributed by atoms with Gasteiger partial charge in [0.2, 0.25) is 0 Å². The van der Waals surface area contributed by atoms with E-state index in [-0.39, 0.29) is 0 Å². The molecule has 2 aromatic heterocycles. The van der Waals surface area contributed by atoms with Gasteiger partial charge in [0.25, 0.3) is 0 Å². The van der Waals surface area contributed by atoms with Crippen molar-refractivity contribution in [3.63, 3.8) is 0 Å². The Bertz CT molecular complexity index is 774. The summed E-state index contributed by atoms with van der Waals surface area (Å²) < 4.78 is 7.33. The van der Waals surface area contributed by atoms with E-state index < -0.39 is 0 Å². The second-order valence-corrected chi connectivity index (χ2v) is 5.87. The summed E-state index contributed by atoms with van der Waals surface area (Å²) in [5.41, 5.74) is 2.19. The van der Waals surface area contributed by atoms with Crippen molar-refractivity contribution in [3.05, 3.63) is 60.1 Å². The van der Waals surface area contributed by atoms with Crippen LogP contribution in [-0.4, -0.2) is 20.5 Å². The molecule has 0 bridgehead atoms. The highest BCUT2D eigenvalue weighted by Gasteiger charge is 2.14. The summed E-state index contributed by atoms with van der Waals surface area (Å²) in [5.74, 6) is 2.54. The first-order valence-corrected chi connectivity index (χ1v) is 8.02. The van der Waals surface area contributed by atoms with E-state index in [0.717, 1.165) is 28.1 Å². The van der Waals surface area contributed by atoms with Crippen LogP contribution in [0.1, 0.15) is 11.3 Å². The molecule has 0 atom stereocenters. The number of rotatable bonds is 5. The number of nitrogens with zero attached hydrogens (tertiary/aromatic N) is 3. The quantitative estimate of drug-likeness (QED) is 0.663. The van der Waals surface area contributed by atoms with Crippen LogP contribution in [0.5, 0.6) is 0 Å². The van der Waals surface area contributed by atoms with E-state index in [1.165, 1.54) is 5.56 Å². The van der Waals surface area contributed by atoms with Gasteiger partial charge in [-0.15, -0.1) is 10.2 Å². The maximum Gasteiger partial charge on any atom is 0.191 e. The van der Waals surface area contributed by atoms with Crippen LogP contribution in [0.15, 0.2) is 58.3 Å². The lowest BCUT2D eigenvalue weighted by Gasteiger charge is -2.01. The van der Waals surface area contributed by atoms with E-state index in [4.69, 9.17) is 4.42 Å². The minimum absolute atomic E-state index is 0.834. The topological polar surface area (TPSA) is 43.9 Å². The Kier molecular flexibility index (Phi) is 4.44. The van der Waals surface area contributed by atoms with Crippen molar-refractivity contribution in [2.24, 2.45) is 7.05 Å². The molecule has 112 valence electrons. The number of hydrogen-bond donors (Lipinski definition) is 0. The zero-order chi connectivity index (χ0) is 15.4. The van der Waals surface area contributed by atoms with Gasteiger partial charge in [-0.2, -0.15) is 0 Å². The van der Waals surface area contributed by atoms with Crippen LogP contribution >= 0.6 is 11.8 Å². The Balaban J connectivity index is 1.66. The van der Waals surface area contributed by atoms with Gasteiger partial charge in [0.05, 0.1) is 11.8 Å². The van der Waals surface area contributed by atoms with Crippen LogP contribution in [0, 0.1) is 6.92 Å². The molecule has 0 fully saturated rings. The van der Waals surface area contributed by atoms with Crippen LogP contribution < -0.4 is 0 Å². The van der Waals surface area contributed by atoms with Crippen LogP contribution in [0.3, 0.4) is 0 Å². The third kappa shape index (κ3) is 3.14. The minimum Gasteiger partial charge on any atom is -0.469 e. The molecule has 0 saturated carbocycles. The van der Waals surface area contributed by atoms with Crippen LogP contribution in [0.25, 0.3) is 17.5 Å². The Morgan fingerprint density at radius 2 is 2.00 bits per heavy atom. The fraction of sp³-hybridized carbons (Fsp3) is 0.176. The molecule has 2 heterocycles. The SMILES string of the molecule is Cc1occc1-c1nnc(SCC=Cc2ccccc2)n1C. The Morgan fingerprint density at radius 1 is 1.18 bits per heavy atom. The first-order valence-electron chi connectivity index (χ1n) is 7.04. The average Bonchev–Trinajstić information content (AvgIpc) is 3.11. The molecule has 5 heteroatoms. The summed E-state index contributed by atoms with van der Waals surface area (Å²) >= 11 is 1.66. The molecule has 0 spiro atoms. The molecule has 0 N–H and O–H groups in total. The molecule has 22 heavy (non-hydrogen) atoms. The zero-order valence-electron chi connectivity index (χ0n) is 12.6. The molecule has 0 aliphatic carbocycles. The van der Waals surface area contributed by atoms with Crippen LogP contribution in [0.4, 0.5) is 0 Å². The molecule has 0 aliphatic rings. The molecule has 1 aromatic carbocycles. The number of aryl methyl sites for hydroxylation is 1. The fourth-order valence-electron chi connectivity index (χ4n) is 2.16. The molecule has 3 aromatic rings. The third-order valence-electron chi connectivity index (χ3n) is 3.35. The second kappa shape index (κ2) is 6.66. The molecule has 0 amide bonds. The zero-order valence-corrected chi connectivity index (χ0v) is 13.4. The highest BCUT2D eigenvalue weighted by atomic mass is 32.2. The highest BCUT2D eigenvalue weighted by Crippen LogP contribution is 2.25. The van der Waals surface area contributed by atoms with Gasteiger partial charge in [0, 0.05) is 12.8 Å². The van der Waals surface area contributed by atoms with Crippen molar-refractivity contribution >= 4 is 17.8 Å². The molecule has 0 unspecified atom stereocenters. The summed E-state index contributed by atoms with van der Waals surface area (Å²) in [4.78, 5) is 0. The summed E-state index contributed by atoms with van der Waals surface area (Å²) in [6, 6.07) is 12.2. The van der Waals surface area contributed by atoms with Gasteiger partial charge in [-0.05, 0) is 18.6 Å². The number of benzene rings is 1. The monoisotopic (exact) mass is 311 g/mol. The maximum absolute atomic E-state index is 5.33. The van der Waals surface area contributed by atoms with Crippen molar-refractivity contribution < 1.29 is 4.42 Å². The van der Waals surface area contributed by atoms with Crippen LogP contribution in [0.2, 0.25) is 0 Å². The van der Waals surface area contributed by atoms with E-state index in [0.29, 0.717) is 0 Å². The van der Waals surface area contributed by atoms with Crippen molar-refractivity contribution in [3.8, 4) is 11.4 Å². The van der Waals surface area contributed by atoms with Gasteiger partial charge in [-0.3, -0.25) is 0 Å². The summed E-state index contributed by atoms with van der Waals surface area (Å²) in [7, 11) is 1.98. The molecule has 3 rings (SSSR count). The Hall–Kier alpha value is -2.27. The van der Waals surface area contributed by atoms with E-state index in [2.05, 4.69) is 34.5 Å². The van der Waals surface area contributed by atoms with E-state index >= 15 is 0 Å². The van der Waals surface area contributed by atoms with Crippen molar-refractivity contribution in [2.75, 3.05) is 5.75 Å². The fourth-order valence-corrected chi connectivity index (χ4v) is 2.88. The molecule has 4 nitrogen and oxygen atoms in total. The minimum atomic E-state index is 0.834.